The number of benzene rings is 1. The molecule has 1 amide bonds. The first kappa shape index (κ1) is 12.5. The maximum absolute atomic E-state index is 10.8. The Morgan fingerprint density at radius 2 is 1.85 bits per heavy atom. The van der Waals surface area contributed by atoms with Crippen LogP contribution in [0.4, 0.5) is 10.7 Å². The standard InChI is InChI=1S/C13H14N4O3/c18-13(19)17-8-6-16(7-9-17)12-14-11(20-15-12)10-4-2-1-3-5-10/h1-5H,6-9H2,(H,18,19). The van der Waals surface area contributed by atoms with Gasteiger partial charge in [0.05, 0.1) is 0 Å². The van der Waals surface area contributed by atoms with Crippen molar-refractivity contribution in [2.45, 2.75) is 0 Å². The molecule has 2 aromatic rings. The number of carboxylic acid groups (broad SMARTS) is 1. The normalized spacial score (nSPS) is 15.4. The number of piperazine rings is 1. The zero-order valence-corrected chi connectivity index (χ0v) is 10.8. The largest absolute Gasteiger partial charge is 0.465 e. The molecular formula is C13H14N4O3. The van der Waals surface area contributed by atoms with E-state index in [0.717, 1.165) is 5.56 Å². The highest BCUT2D eigenvalue weighted by molar-refractivity contribution is 5.65. The second-order valence-corrected chi connectivity index (χ2v) is 4.52. The summed E-state index contributed by atoms with van der Waals surface area (Å²) in [5, 5.41) is 12.9. The lowest BCUT2D eigenvalue weighted by atomic mass is 10.2. The van der Waals surface area contributed by atoms with Crippen LogP contribution >= 0.6 is 0 Å². The summed E-state index contributed by atoms with van der Waals surface area (Å²) in [4.78, 5) is 18.5. The van der Waals surface area contributed by atoms with Crippen LogP contribution < -0.4 is 4.90 Å². The zero-order valence-electron chi connectivity index (χ0n) is 10.8. The van der Waals surface area contributed by atoms with E-state index in [2.05, 4.69) is 10.1 Å². The van der Waals surface area contributed by atoms with E-state index in [1.165, 1.54) is 4.90 Å². The van der Waals surface area contributed by atoms with Gasteiger partial charge in [0.2, 0.25) is 0 Å². The first-order valence-electron chi connectivity index (χ1n) is 6.36. The number of aromatic nitrogens is 2. The van der Waals surface area contributed by atoms with Crippen LogP contribution in [-0.4, -0.2) is 52.4 Å². The number of rotatable bonds is 2. The van der Waals surface area contributed by atoms with Crippen molar-refractivity contribution in [3.05, 3.63) is 30.3 Å². The smallest absolute Gasteiger partial charge is 0.407 e. The van der Waals surface area contributed by atoms with Gasteiger partial charge in [-0.05, 0) is 17.3 Å². The molecule has 3 rings (SSSR count). The Labute approximate surface area is 115 Å². The number of anilines is 1. The summed E-state index contributed by atoms with van der Waals surface area (Å²) in [6.07, 6.45) is -0.886. The lowest BCUT2D eigenvalue weighted by Gasteiger charge is -2.31. The minimum atomic E-state index is -0.886. The molecular weight excluding hydrogens is 260 g/mol. The molecule has 1 aliphatic rings. The molecule has 20 heavy (non-hydrogen) atoms. The molecule has 1 N–H and O–H groups in total. The summed E-state index contributed by atoms with van der Waals surface area (Å²) in [7, 11) is 0. The number of hydrogen-bond donors (Lipinski definition) is 1. The first-order valence-corrected chi connectivity index (χ1v) is 6.36. The van der Waals surface area contributed by atoms with Gasteiger partial charge in [0, 0.05) is 31.7 Å². The highest BCUT2D eigenvalue weighted by Gasteiger charge is 2.23. The van der Waals surface area contributed by atoms with Crippen LogP contribution in [0.25, 0.3) is 11.5 Å². The van der Waals surface area contributed by atoms with Gasteiger partial charge in [0.1, 0.15) is 0 Å². The van der Waals surface area contributed by atoms with Gasteiger partial charge in [0.25, 0.3) is 11.8 Å². The molecule has 0 saturated carbocycles. The number of carbonyl (C=O) groups is 1. The van der Waals surface area contributed by atoms with Crippen LogP contribution in [-0.2, 0) is 0 Å². The van der Waals surface area contributed by atoms with Crippen LogP contribution in [0.15, 0.2) is 34.9 Å². The SMILES string of the molecule is O=C(O)N1CCN(c2noc(-c3ccccc3)n2)CC1. The van der Waals surface area contributed by atoms with Gasteiger partial charge < -0.3 is 19.4 Å². The molecule has 7 heteroatoms. The molecule has 0 radical (unpaired) electrons. The minimum absolute atomic E-state index is 0.449. The summed E-state index contributed by atoms with van der Waals surface area (Å²) in [5.41, 5.74) is 0.871. The fourth-order valence-corrected chi connectivity index (χ4v) is 2.14. The average Bonchev–Trinajstić information content (AvgIpc) is 2.98. The summed E-state index contributed by atoms with van der Waals surface area (Å²) < 4.78 is 5.25. The topological polar surface area (TPSA) is 82.7 Å². The van der Waals surface area contributed by atoms with Crippen LogP contribution in [0.5, 0.6) is 0 Å². The summed E-state index contributed by atoms with van der Waals surface area (Å²) in [5.74, 6) is 0.982. The lowest BCUT2D eigenvalue weighted by Crippen LogP contribution is -2.48. The second-order valence-electron chi connectivity index (χ2n) is 4.52. The van der Waals surface area contributed by atoms with Gasteiger partial charge in [0.15, 0.2) is 0 Å². The first-order chi connectivity index (χ1) is 9.74. The Morgan fingerprint density at radius 3 is 2.50 bits per heavy atom. The van der Waals surface area contributed by atoms with Crippen molar-refractivity contribution < 1.29 is 14.4 Å². The van der Waals surface area contributed by atoms with Crippen LogP contribution in [0.3, 0.4) is 0 Å². The molecule has 0 unspecified atom stereocenters. The van der Waals surface area contributed by atoms with E-state index in [1.807, 2.05) is 35.2 Å². The van der Waals surface area contributed by atoms with E-state index in [4.69, 9.17) is 9.63 Å². The Hall–Kier alpha value is -2.57. The van der Waals surface area contributed by atoms with Gasteiger partial charge in [-0.25, -0.2) is 4.79 Å². The van der Waals surface area contributed by atoms with Gasteiger partial charge >= 0.3 is 6.09 Å². The monoisotopic (exact) mass is 274 g/mol. The Balaban J connectivity index is 1.71. The summed E-state index contributed by atoms with van der Waals surface area (Å²) in [6, 6.07) is 9.54. The van der Waals surface area contributed by atoms with Gasteiger partial charge in [-0.2, -0.15) is 4.98 Å². The van der Waals surface area contributed by atoms with E-state index in [0.29, 0.717) is 38.0 Å². The average molecular weight is 274 g/mol. The third-order valence-electron chi connectivity index (χ3n) is 3.27. The Bertz CT molecular complexity index is 591. The molecule has 2 heterocycles. The van der Waals surface area contributed by atoms with Gasteiger partial charge in [-0.3, -0.25) is 0 Å². The van der Waals surface area contributed by atoms with Crippen LogP contribution in [0.1, 0.15) is 0 Å². The predicted octanol–water partition coefficient (Wildman–Crippen LogP) is 1.54. The zero-order chi connectivity index (χ0) is 13.9. The third-order valence-corrected chi connectivity index (χ3v) is 3.27. The quantitative estimate of drug-likeness (QED) is 0.894. The van der Waals surface area contributed by atoms with Crippen molar-refractivity contribution >= 4 is 12.0 Å². The van der Waals surface area contributed by atoms with Gasteiger partial charge in [-0.15, -0.1) is 0 Å². The molecule has 0 atom stereocenters. The molecule has 1 aromatic heterocycles. The fourth-order valence-electron chi connectivity index (χ4n) is 2.14. The van der Waals surface area contributed by atoms with Crippen molar-refractivity contribution in [1.82, 2.24) is 15.0 Å². The van der Waals surface area contributed by atoms with Crippen LogP contribution in [0, 0.1) is 0 Å². The molecule has 1 fully saturated rings. The van der Waals surface area contributed by atoms with Crippen molar-refractivity contribution in [2.75, 3.05) is 31.1 Å². The van der Waals surface area contributed by atoms with E-state index < -0.39 is 6.09 Å². The molecule has 0 aliphatic carbocycles. The highest BCUT2D eigenvalue weighted by atomic mass is 16.5. The molecule has 1 aliphatic heterocycles. The van der Waals surface area contributed by atoms with E-state index in [9.17, 15) is 4.79 Å². The molecule has 1 aromatic carbocycles. The maximum atomic E-state index is 10.8. The third kappa shape index (κ3) is 2.42. The van der Waals surface area contributed by atoms with Gasteiger partial charge in [-0.1, -0.05) is 18.2 Å². The molecule has 1 saturated heterocycles. The van der Waals surface area contributed by atoms with E-state index >= 15 is 0 Å². The lowest BCUT2D eigenvalue weighted by molar-refractivity contribution is 0.142. The highest BCUT2D eigenvalue weighted by Crippen LogP contribution is 2.20. The van der Waals surface area contributed by atoms with E-state index in [-0.39, 0.29) is 0 Å². The Kier molecular flexibility index (Phi) is 3.24. The second kappa shape index (κ2) is 5.20. The Morgan fingerprint density at radius 1 is 1.15 bits per heavy atom. The maximum Gasteiger partial charge on any atom is 0.407 e. The van der Waals surface area contributed by atoms with Crippen molar-refractivity contribution in [1.29, 1.82) is 0 Å². The molecule has 0 bridgehead atoms. The fraction of sp³-hybridized carbons (Fsp3) is 0.308. The minimum Gasteiger partial charge on any atom is -0.465 e. The summed E-state index contributed by atoms with van der Waals surface area (Å²) in [6.45, 7) is 2.04. The van der Waals surface area contributed by atoms with Crippen molar-refractivity contribution in [3.8, 4) is 11.5 Å². The molecule has 104 valence electrons. The number of nitrogens with zero attached hydrogens (tertiary/aromatic N) is 4. The number of hydrogen-bond acceptors (Lipinski definition) is 5. The van der Waals surface area contributed by atoms with Crippen LogP contribution in [0.2, 0.25) is 0 Å². The summed E-state index contributed by atoms with van der Waals surface area (Å²) >= 11 is 0. The molecule has 0 spiro atoms. The molecule has 7 nitrogen and oxygen atoms in total. The van der Waals surface area contributed by atoms with E-state index in [1.54, 1.807) is 0 Å². The predicted molar refractivity (Wildman–Crippen MR) is 71.5 cm³/mol. The number of amides is 1. The van der Waals surface area contributed by atoms with Crippen molar-refractivity contribution in [2.24, 2.45) is 0 Å². The van der Waals surface area contributed by atoms with Crippen molar-refractivity contribution in [3.63, 3.8) is 0 Å².